The van der Waals surface area contributed by atoms with Crippen LogP contribution in [0.5, 0.6) is 11.5 Å². The van der Waals surface area contributed by atoms with Crippen LogP contribution in [0.15, 0.2) is 66.7 Å². The number of ether oxygens (including phenoxy) is 2. The molecule has 9 heteroatoms. The minimum Gasteiger partial charge on any atom is -0.457 e. The number of halogens is 3. The molecule has 3 aromatic carbocycles. The molecule has 1 spiro atoms. The lowest BCUT2D eigenvalue weighted by atomic mass is 9.99. The minimum absolute atomic E-state index is 0.0549. The van der Waals surface area contributed by atoms with E-state index in [2.05, 4.69) is 6.07 Å². The van der Waals surface area contributed by atoms with Gasteiger partial charge in [0.2, 0.25) is 5.91 Å². The van der Waals surface area contributed by atoms with Crippen molar-refractivity contribution < 1.29 is 32.2 Å². The first-order valence-corrected chi connectivity index (χ1v) is 13.2. The zero-order chi connectivity index (χ0) is 28.5. The van der Waals surface area contributed by atoms with Crippen LogP contribution in [-0.4, -0.2) is 60.0 Å². The molecule has 5 rings (SSSR count). The molecule has 0 aromatic heterocycles. The molecule has 2 saturated heterocycles. The third-order valence-electron chi connectivity index (χ3n) is 7.65. The Kier molecular flexibility index (Phi) is 7.59. The van der Waals surface area contributed by atoms with Crippen molar-refractivity contribution in [3.8, 4) is 11.5 Å². The number of alkyl halides is 3. The summed E-state index contributed by atoms with van der Waals surface area (Å²) < 4.78 is 50.1. The Hall–Kier alpha value is -3.85. The van der Waals surface area contributed by atoms with Crippen LogP contribution in [0.25, 0.3) is 0 Å². The van der Waals surface area contributed by atoms with Crippen molar-refractivity contribution >= 4 is 11.8 Å². The molecule has 0 aliphatic carbocycles. The lowest BCUT2D eigenvalue weighted by Crippen LogP contribution is -2.55. The van der Waals surface area contributed by atoms with E-state index in [4.69, 9.17) is 9.47 Å². The summed E-state index contributed by atoms with van der Waals surface area (Å²) in [6, 6.07) is 17.0. The highest BCUT2D eigenvalue weighted by Crippen LogP contribution is 2.33. The summed E-state index contributed by atoms with van der Waals surface area (Å²) >= 11 is 0. The standard InChI is InChI=1S/C31H31F3N2O4/c1-21-3-4-23(17-22(21)2)18-28(37)35-15-16-39-30(19-35)13-14-36(20-30)29(38)24-5-9-26(10-6-24)40-27-11-7-25(8-12-27)31(32,33)34/h3-12,17H,13-16,18-20H2,1-2H3. The van der Waals surface area contributed by atoms with Gasteiger partial charge in [0.15, 0.2) is 0 Å². The number of carbonyl (C=O) groups excluding carboxylic acids is 2. The number of amides is 2. The van der Waals surface area contributed by atoms with Crippen LogP contribution in [-0.2, 0) is 22.1 Å². The van der Waals surface area contributed by atoms with Crippen molar-refractivity contribution in [2.75, 3.05) is 32.8 Å². The molecule has 1 unspecified atom stereocenters. The summed E-state index contributed by atoms with van der Waals surface area (Å²) in [5, 5.41) is 0. The zero-order valence-corrected chi connectivity index (χ0v) is 22.5. The van der Waals surface area contributed by atoms with E-state index in [0.717, 1.165) is 23.3 Å². The number of rotatable bonds is 5. The molecule has 0 saturated carbocycles. The molecular formula is C31H31F3N2O4. The fourth-order valence-corrected chi connectivity index (χ4v) is 5.22. The highest BCUT2D eigenvalue weighted by atomic mass is 19.4. The van der Waals surface area contributed by atoms with Crippen LogP contribution in [0.3, 0.4) is 0 Å². The fourth-order valence-electron chi connectivity index (χ4n) is 5.22. The van der Waals surface area contributed by atoms with Crippen LogP contribution >= 0.6 is 0 Å². The van der Waals surface area contributed by atoms with Gasteiger partial charge in [-0.2, -0.15) is 13.2 Å². The summed E-state index contributed by atoms with van der Waals surface area (Å²) in [6.45, 7) is 6.39. The number of carbonyl (C=O) groups is 2. The Morgan fingerprint density at radius 1 is 0.875 bits per heavy atom. The second kappa shape index (κ2) is 11.0. The van der Waals surface area contributed by atoms with E-state index in [-0.39, 0.29) is 17.6 Å². The van der Waals surface area contributed by atoms with Gasteiger partial charge in [0, 0.05) is 18.7 Å². The van der Waals surface area contributed by atoms with Crippen LogP contribution < -0.4 is 4.74 Å². The van der Waals surface area contributed by atoms with Crippen LogP contribution in [0.4, 0.5) is 13.2 Å². The molecule has 0 N–H and O–H groups in total. The van der Waals surface area contributed by atoms with Crippen LogP contribution in [0.1, 0.15) is 39.0 Å². The SMILES string of the molecule is Cc1ccc(CC(=O)N2CCOC3(CCN(C(=O)c4ccc(Oc5ccc(C(F)(F)F)cc5)cc4)C3)C2)cc1C. The lowest BCUT2D eigenvalue weighted by molar-refractivity contribution is -0.147. The first-order valence-electron chi connectivity index (χ1n) is 13.2. The molecule has 3 aromatic rings. The van der Waals surface area contributed by atoms with Gasteiger partial charge in [-0.3, -0.25) is 9.59 Å². The van der Waals surface area contributed by atoms with Crippen LogP contribution in [0, 0.1) is 13.8 Å². The third-order valence-corrected chi connectivity index (χ3v) is 7.65. The van der Waals surface area contributed by atoms with Gasteiger partial charge in [-0.1, -0.05) is 18.2 Å². The van der Waals surface area contributed by atoms with E-state index in [1.807, 2.05) is 30.9 Å². The van der Waals surface area contributed by atoms with Gasteiger partial charge >= 0.3 is 6.18 Å². The van der Waals surface area contributed by atoms with Gasteiger partial charge in [0.25, 0.3) is 5.91 Å². The fraction of sp³-hybridized carbons (Fsp3) is 0.355. The van der Waals surface area contributed by atoms with Crippen molar-refractivity contribution in [1.82, 2.24) is 9.80 Å². The molecule has 210 valence electrons. The monoisotopic (exact) mass is 552 g/mol. The Labute approximate surface area is 231 Å². The highest BCUT2D eigenvalue weighted by Gasteiger charge is 2.45. The predicted octanol–water partition coefficient (Wildman–Crippen LogP) is 5.80. The topological polar surface area (TPSA) is 59.1 Å². The molecule has 0 radical (unpaired) electrons. The van der Waals surface area contributed by atoms with Gasteiger partial charge in [0.1, 0.15) is 17.1 Å². The second-order valence-corrected chi connectivity index (χ2v) is 10.6. The largest absolute Gasteiger partial charge is 0.457 e. The van der Waals surface area contributed by atoms with E-state index in [9.17, 15) is 22.8 Å². The van der Waals surface area contributed by atoms with Crippen molar-refractivity contribution in [1.29, 1.82) is 0 Å². The van der Waals surface area contributed by atoms with E-state index < -0.39 is 17.3 Å². The summed E-state index contributed by atoms with van der Waals surface area (Å²) in [6.07, 6.45) is -3.44. The number of nitrogens with zero attached hydrogens (tertiary/aromatic N) is 2. The van der Waals surface area contributed by atoms with Gasteiger partial charge in [-0.05, 0) is 85.5 Å². The van der Waals surface area contributed by atoms with Crippen molar-refractivity contribution in [3.05, 3.63) is 94.5 Å². The highest BCUT2D eigenvalue weighted by molar-refractivity contribution is 5.94. The van der Waals surface area contributed by atoms with E-state index in [1.54, 1.807) is 29.2 Å². The molecule has 2 heterocycles. The Balaban J connectivity index is 1.18. The van der Waals surface area contributed by atoms with Crippen molar-refractivity contribution in [2.24, 2.45) is 0 Å². The molecule has 2 aliphatic rings. The quantitative estimate of drug-likeness (QED) is 0.402. The smallest absolute Gasteiger partial charge is 0.416 e. The van der Waals surface area contributed by atoms with E-state index in [0.29, 0.717) is 56.9 Å². The molecule has 2 aliphatic heterocycles. The maximum absolute atomic E-state index is 13.2. The van der Waals surface area contributed by atoms with Crippen molar-refractivity contribution in [2.45, 2.75) is 38.5 Å². The zero-order valence-electron chi connectivity index (χ0n) is 22.5. The summed E-state index contributed by atoms with van der Waals surface area (Å²) in [4.78, 5) is 29.9. The summed E-state index contributed by atoms with van der Waals surface area (Å²) in [5.74, 6) is 0.571. The lowest BCUT2D eigenvalue weighted by Gasteiger charge is -2.40. The maximum atomic E-state index is 13.2. The summed E-state index contributed by atoms with van der Waals surface area (Å²) in [5.41, 5.74) is 2.47. The maximum Gasteiger partial charge on any atom is 0.416 e. The number of hydrogen-bond donors (Lipinski definition) is 0. The number of hydrogen-bond acceptors (Lipinski definition) is 4. The molecule has 0 bridgehead atoms. The first kappa shape index (κ1) is 27.7. The third kappa shape index (κ3) is 6.14. The minimum atomic E-state index is -4.41. The van der Waals surface area contributed by atoms with Crippen LogP contribution in [0.2, 0.25) is 0 Å². The molecule has 6 nitrogen and oxygen atoms in total. The Morgan fingerprint density at radius 3 is 2.17 bits per heavy atom. The Bertz CT molecular complexity index is 1390. The average Bonchev–Trinajstić information content (AvgIpc) is 3.33. The number of morpholine rings is 1. The van der Waals surface area contributed by atoms with E-state index >= 15 is 0 Å². The number of likely N-dealkylation sites (tertiary alicyclic amines) is 1. The molecule has 2 fully saturated rings. The van der Waals surface area contributed by atoms with Gasteiger partial charge in [-0.25, -0.2) is 0 Å². The number of benzene rings is 3. The Morgan fingerprint density at radius 2 is 1.52 bits per heavy atom. The molecule has 1 atom stereocenters. The van der Waals surface area contributed by atoms with Gasteiger partial charge in [0.05, 0.1) is 31.7 Å². The molecule has 2 amide bonds. The second-order valence-electron chi connectivity index (χ2n) is 10.6. The summed E-state index contributed by atoms with van der Waals surface area (Å²) in [7, 11) is 0. The molecule has 40 heavy (non-hydrogen) atoms. The first-order chi connectivity index (χ1) is 19.0. The number of aryl methyl sites for hydroxylation is 2. The van der Waals surface area contributed by atoms with Crippen molar-refractivity contribution in [3.63, 3.8) is 0 Å². The van der Waals surface area contributed by atoms with Gasteiger partial charge < -0.3 is 19.3 Å². The van der Waals surface area contributed by atoms with E-state index in [1.165, 1.54) is 17.7 Å². The normalized spacial score (nSPS) is 19.2. The average molecular weight is 553 g/mol. The van der Waals surface area contributed by atoms with Gasteiger partial charge in [-0.15, -0.1) is 0 Å². The molecular weight excluding hydrogens is 521 g/mol. The predicted molar refractivity (Wildman–Crippen MR) is 143 cm³/mol.